The SMILES string of the molecule is CC[NH+](CC)CCn1nc(/C=C/c2ccccc2)nc1-c1ccccc1O. The number of quaternary nitrogens is 1. The van der Waals surface area contributed by atoms with Crippen molar-refractivity contribution in [1.29, 1.82) is 0 Å². The predicted molar refractivity (Wildman–Crippen MR) is 109 cm³/mol. The van der Waals surface area contributed by atoms with Crippen molar-refractivity contribution in [2.45, 2.75) is 20.4 Å². The number of nitrogens with one attached hydrogen (secondary N) is 1. The fraction of sp³-hybridized carbons (Fsp3) is 0.273. The first-order chi connectivity index (χ1) is 13.2. The second-order valence-corrected chi connectivity index (χ2v) is 6.49. The van der Waals surface area contributed by atoms with E-state index in [0.717, 1.165) is 31.7 Å². The van der Waals surface area contributed by atoms with Crippen molar-refractivity contribution in [3.63, 3.8) is 0 Å². The molecular formula is C22H27N4O+. The third-order valence-corrected chi connectivity index (χ3v) is 4.73. The minimum Gasteiger partial charge on any atom is -0.507 e. The Bertz CT molecular complexity index is 882. The Morgan fingerprint density at radius 3 is 2.37 bits per heavy atom. The topological polar surface area (TPSA) is 55.4 Å². The molecule has 0 bridgehead atoms. The van der Waals surface area contributed by atoms with Gasteiger partial charge in [0.1, 0.15) is 5.75 Å². The lowest BCUT2D eigenvalue weighted by molar-refractivity contribution is -0.897. The Hall–Kier alpha value is -2.92. The number of likely N-dealkylation sites (N-methyl/N-ethyl adjacent to an activating group) is 1. The Kier molecular flexibility index (Phi) is 6.39. The lowest BCUT2D eigenvalue weighted by Crippen LogP contribution is -3.11. The van der Waals surface area contributed by atoms with E-state index in [4.69, 9.17) is 0 Å². The highest BCUT2D eigenvalue weighted by molar-refractivity contribution is 5.69. The van der Waals surface area contributed by atoms with E-state index >= 15 is 0 Å². The summed E-state index contributed by atoms with van der Waals surface area (Å²) in [4.78, 5) is 6.19. The molecule has 0 aliphatic heterocycles. The number of phenolic OH excluding ortho intramolecular Hbond substituents is 1. The van der Waals surface area contributed by atoms with Crippen LogP contribution >= 0.6 is 0 Å². The van der Waals surface area contributed by atoms with Crippen LogP contribution in [0.2, 0.25) is 0 Å². The smallest absolute Gasteiger partial charge is 0.174 e. The second kappa shape index (κ2) is 9.14. The highest BCUT2D eigenvalue weighted by Gasteiger charge is 2.15. The molecule has 2 aromatic carbocycles. The first kappa shape index (κ1) is 18.9. The summed E-state index contributed by atoms with van der Waals surface area (Å²) in [6, 6.07) is 17.4. The molecule has 0 saturated carbocycles. The van der Waals surface area contributed by atoms with Crippen LogP contribution in [0.1, 0.15) is 25.2 Å². The molecule has 0 aliphatic rings. The van der Waals surface area contributed by atoms with Gasteiger partial charge in [0.2, 0.25) is 0 Å². The molecule has 5 nitrogen and oxygen atoms in total. The van der Waals surface area contributed by atoms with E-state index in [0.29, 0.717) is 17.2 Å². The lowest BCUT2D eigenvalue weighted by atomic mass is 10.2. The van der Waals surface area contributed by atoms with Crippen LogP contribution in [0.3, 0.4) is 0 Å². The van der Waals surface area contributed by atoms with E-state index in [9.17, 15) is 5.11 Å². The first-order valence-electron chi connectivity index (χ1n) is 9.51. The standard InChI is InChI=1S/C22H26N4O/c1-3-25(4-2)16-17-26-22(19-12-8-9-13-20(19)27)23-21(24-26)15-14-18-10-6-5-7-11-18/h5-15,27H,3-4,16-17H2,1-2H3/p+1/b15-14+. The van der Waals surface area contributed by atoms with Crippen LogP contribution < -0.4 is 4.90 Å². The molecule has 0 unspecified atom stereocenters. The lowest BCUT2D eigenvalue weighted by Gasteiger charge is -2.15. The maximum absolute atomic E-state index is 10.3. The van der Waals surface area contributed by atoms with Crippen LogP contribution in [0.25, 0.3) is 23.5 Å². The number of phenols is 1. The molecule has 140 valence electrons. The number of para-hydroxylation sites is 1. The molecule has 0 aliphatic carbocycles. The van der Waals surface area contributed by atoms with E-state index in [1.807, 2.05) is 65.4 Å². The molecule has 0 fully saturated rings. The van der Waals surface area contributed by atoms with Crippen molar-refractivity contribution in [3.8, 4) is 17.1 Å². The van der Waals surface area contributed by atoms with Gasteiger partial charge in [-0.25, -0.2) is 9.67 Å². The van der Waals surface area contributed by atoms with Crippen LogP contribution in [0.4, 0.5) is 0 Å². The maximum Gasteiger partial charge on any atom is 0.174 e. The minimum atomic E-state index is 0.222. The summed E-state index contributed by atoms with van der Waals surface area (Å²) in [7, 11) is 0. The van der Waals surface area contributed by atoms with Gasteiger partial charge in [-0.1, -0.05) is 48.5 Å². The van der Waals surface area contributed by atoms with Gasteiger partial charge in [-0.05, 0) is 37.6 Å². The second-order valence-electron chi connectivity index (χ2n) is 6.49. The molecule has 0 atom stereocenters. The molecule has 0 spiro atoms. The minimum absolute atomic E-state index is 0.222. The van der Waals surface area contributed by atoms with Crippen molar-refractivity contribution < 1.29 is 10.0 Å². The van der Waals surface area contributed by atoms with Crippen molar-refractivity contribution in [3.05, 3.63) is 66.0 Å². The molecule has 0 saturated heterocycles. The number of aromatic hydroxyl groups is 1. The Balaban J connectivity index is 1.91. The summed E-state index contributed by atoms with van der Waals surface area (Å²) in [6.07, 6.45) is 3.92. The van der Waals surface area contributed by atoms with Crippen LogP contribution in [0.5, 0.6) is 5.75 Å². The molecule has 3 rings (SSSR count). The molecule has 27 heavy (non-hydrogen) atoms. The number of hydrogen-bond donors (Lipinski definition) is 2. The van der Waals surface area contributed by atoms with Gasteiger partial charge in [-0.2, -0.15) is 5.10 Å². The van der Waals surface area contributed by atoms with E-state index in [1.54, 1.807) is 6.07 Å². The van der Waals surface area contributed by atoms with Crippen LogP contribution in [0.15, 0.2) is 54.6 Å². The highest BCUT2D eigenvalue weighted by Crippen LogP contribution is 2.27. The first-order valence-corrected chi connectivity index (χ1v) is 9.51. The third-order valence-electron chi connectivity index (χ3n) is 4.73. The molecule has 1 aromatic heterocycles. The number of rotatable bonds is 8. The number of aromatic nitrogens is 3. The molecule has 5 heteroatoms. The Labute approximate surface area is 160 Å². The fourth-order valence-electron chi connectivity index (χ4n) is 3.05. The largest absolute Gasteiger partial charge is 0.507 e. The molecular weight excluding hydrogens is 336 g/mol. The summed E-state index contributed by atoms with van der Waals surface area (Å²) in [5.41, 5.74) is 1.81. The zero-order valence-electron chi connectivity index (χ0n) is 16.0. The maximum atomic E-state index is 10.3. The predicted octanol–water partition coefficient (Wildman–Crippen LogP) is 2.75. The number of benzene rings is 2. The third kappa shape index (κ3) is 4.83. The van der Waals surface area contributed by atoms with Crippen molar-refractivity contribution in [1.82, 2.24) is 14.8 Å². The molecule has 2 N–H and O–H groups in total. The average molecular weight is 363 g/mol. The molecule has 0 radical (unpaired) electrons. The van der Waals surface area contributed by atoms with Crippen LogP contribution in [-0.2, 0) is 6.54 Å². The van der Waals surface area contributed by atoms with Crippen LogP contribution in [0, 0.1) is 0 Å². The summed E-state index contributed by atoms with van der Waals surface area (Å²) in [5.74, 6) is 1.57. The summed E-state index contributed by atoms with van der Waals surface area (Å²) in [5, 5.41) is 14.9. The van der Waals surface area contributed by atoms with Gasteiger partial charge in [0.25, 0.3) is 0 Å². The van der Waals surface area contributed by atoms with Gasteiger partial charge >= 0.3 is 0 Å². The zero-order chi connectivity index (χ0) is 19.1. The van der Waals surface area contributed by atoms with Gasteiger partial charge in [-0.3, -0.25) is 0 Å². The monoisotopic (exact) mass is 363 g/mol. The average Bonchev–Trinajstić information content (AvgIpc) is 3.11. The highest BCUT2D eigenvalue weighted by atomic mass is 16.3. The summed E-state index contributed by atoms with van der Waals surface area (Å²) in [6.45, 7) is 8.28. The molecule has 3 aromatic rings. The van der Waals surface area contributed by atoms with Crippen molar-refractivity contribution in [2.24, 2.45) is 0 Å². The van der Waals surface area contributed by atoms with E-state index in [2.05, 4.69) is 23.9 Å². The quantitative estimate of drug-likeness (QED) is 0.647. The normalized spacial score (nSPS) is 11.5. The molecule has 1 heterocycles. The van der Waals surface area contributed by atoms with Crippen molar-refractivity contribution >= 4 is 12.2 Å². The number of hydrogen-bond acceptors (Lipinski definition) is 3. The summed E-state index contributed by atoms with van der Waals surface area (Å²) < 4.78 is 1.91. The van der Waals surface area contributed by atoms with Gasteiger partial charge in [0.15, 0.2) is 11.6 Å². The van der Waals surface area contributed by atoms with E-state index in [-0.39, 0.29) is 5.75 Å². The van der Waals surface area contributed by atoms with E-state index in [1.165, 1.54) is 4.90 Å². The van der Waals surface area contributed by atoms with Gasteiger partial charge in [-0.15, -0.1) is 0 Å². The van der Waals surface area contributed by atoms with Crippen molar-refractivity contribution in [2.75, 3.05) is 19.6 Å². The fourth-order valence-corrected chi connectivity index (χ4v) is 3.05. The molecule has 0 amide bonds. The van der Waals surface area contributed by atoms with Gasteiger partial charge in [0.05, 0.1) is 31.7 Å². The zero-order valence-corrected chi connectivity index (χ0v) is 16.0. The van der Waals surface area contributed by atoms with Gasteiger partial charge in [0, 0.05) is 0 Å². The Morgan fingerprint density at radius 2 is 1.67 bits per heavy atom. The van der Waals surface area contributed by atoms with Crippen LogP contribution in [-0.4, -0.2) is 39.5 Å². The van der Waals surface area contributed by atoms with Gasteiger partial charge < -0.3 is 10.0 Å². The number of nitrogens with zero attached hydrogens (tertiary/aromatic N) is 3. The van der Waals surface area contributed by atoms with E-state index < -0.39 is 0 Å². The Morgan fingerprint density at radius 1 is 0.963 bits per heavy atom. The summed E-state index contributed by atoms with van der Waals surface area (Å²) >= 11 is 0.